The highest BCUT2D eigenvalue weighted by atomic mass is 16.8. The van der Waals surface area contributed by atoms with Crippen LogP contribution < -0.4 is 0 Å². The van der Waals surface area contributed by atoms with Crippen molar-refractivity contribution in [2.45, 2.75) is 241 Å². The smallest absolute Gasteiger partial charge is 0.187 e. The minimum atomic E-state index is -1.82. The summed E-state index contributed by atoms with van der Waals surface area (Å²) in [4.78, 5) is 0. The average Bonchev–Trinajstić information content (AvgIpc) is 3.73. The fraction of sp³-hybridized carbons (Fsp3) is 0.962. The van der Waals surface area contributed by atoms with Crippen LogP contribution in [0.5, 0.6) is 0 Å². The van der Waals surface area contributed by atoms with E-state index in [1.165, 1.54) is 0 Å². The van der Waals surface area contributed by atoms with Crippen molar-refractivity contribution in [1.82, 2.24) is 0 Å². The molecule has 0 amide bonds. The van der Waals surface area contributed by atoms with E-state index in [4.69, 9.17) is 33.2 Å². The molecule has 29 atom stereocenters. The molecule has 8 fully saturated rings. The van der Waals surface area contributed by atoms with Crippen molar-refractivity contribution in [1.29, 1.82) is 0 Å². The van der Waals surface area contributed by atoms with Crippen LogP contribution in [0.4, 0.5) is 0 Å². The summed E-state index contributed by atoms with van der Waals surface area (Å²) < 4.78 is 42.4. The standard InChI is InChI=1S/C53H90O22/c1-48(2,68)13-9-14-50(5,44-40(65)37(62)36(61)28(71-44)22-70-45-41(66)33(58)25(57)21-69-45)23-10-16-53(8)32(23)24(56)18-30-51(6)15-12-31(49(3,4)29(51)11-17-52(30,53)7)74-47-43(39(64)35(60)27(20-55)73-47)75-46-42(67)38(63)34(59)26(19-54)72-46/h9,13,23-47,54-68H,10-12,14-22H2,1-8H3/b13-9-/t23-,24+,25+,26+,27+,28+,29-,30+,31-,32-,33-,34+,35+,36+,37-,38-,39-,40+,41+,42+,43+,44+,45-,46-,47-,50-,51-,52+,53+/m0/s1. The monoisotopic (exact) mass is 1080 g/mol. The maximum atomic E-state index is 12.9. The molecule has 4 saturated heterocycles. The summed E-state index contributed by atoms with van der Waals surface area (Å²) in [6.07, 6.45) is -22.2. The highest BCUT2D eigenvalue weighted by Crippen LogP contribution is 2.77. The Balaban J connectivity index is 1.04. The van der Waals surface area contributed by atoms with E-state index in [2.05, 4.69) is 34.6 Å². The van der Waals surface area contributed by atoms with Crippen LogP contribution in [0.25, 0.3) is 0 Å². The van der Waals surface area contributed by atoms with Gasteiger partial charge in [-0.25, -0.2) is 0 Å². The van der Waals surface area contributed by atoms with Gasteiger partial charge in [-0.05, 0) is 111 Å². The zero-order valence-electron chi connectivity index (χ0n) is 44.6. The molecule has 15 N–H and O–H groups in total. The Morgan fingerprint density at radius 1 is 0.573 bits per heavy atom. The van der Waals surface area contributed by atoms with Gasteiger partial charge in [-0.1, -0.05) is 53.7 Å². The molecule has 434 valence electrons. The van der Waals surface area contributed by atoms with Gasteiger partial charge >= 0.3 is 0 Å². The van der Waals surface area contributed by atoms with Crippen molar-refractivity contribution in [3.8, 4) is 0 Å². The second kappa shape index (κ2) is 22.0. The Labute approximate surface area is 439 Å². The lowest BCUT2D eigenvalue weighted by Crippen LogP contribution is -2.68. The van der Waals surface area contributed by atoms with E-state index in [-0.39, 0.29) is 47.5 Å². The molecule has 75 heavy (non-hydrogen) atoms. The summed E-state index contributed by atoms with van der Waals surface area (Å²) in [6, 6.07) is 0. The number of hydrogen-bond donors (Lipinski definition) is 15. The first-order chi connectivity index (χ1) is 34.9. The average molecular weight is 1080 g/mol. The Hall–Kier alpha value is -1.14. The molecule has 8 rings (SSSR count). The maximum Gasteiger partial charge on any atom is 0.187 e. The fourth-order valence-corrected chi connectivity index (χ4v) is 16.4. The molecule has 0 aromatic carbocycles. The van der Waals surface area contributed by atoms with E-state index in [9.17, 15) is 76.6 Å². The number of rotatable bonds is 14. The summed E-state index contributed by atoms with van der Waals surface area (Å²) in [5, 5.41) is 163. The van der Waals surface area contributed by atoms with Crippen LogP contribution in [-0.2, 0) is 33.2 Å². The summed E-state index contributed by atoms with van der Waals surface area (Å²) in [6.45, 7) is 14.3. The SMILES string of the molecule is CC(C)(O)/C=C\C[C@](C)([C@@H]1O[C@H](CO[C@@H]2OC[C@@H](O)[C@H](O)[C@H]2O)[C@@H](O)[C@H](O)[C@H]1O)[C@H]1CC[C@]2(C)[C@@H]1[C@H](O)C[C@@H]1[C@@]3(C)CC[C@H](O[C@@H]4O[C@H](CO)[C@@H](O)[C@H](O)[C@H]4O[C@@H]4O[C@H](CO)[C@@H](O)[C@H](O)[C@H]4O)C(C)(C)[C@@H]3CC[C@]12C. The lowest BCUT2D eigenvalue weighted by atomic mass is 9.35. The van der Waals surface area contributed by atoms with Gasteiger partial charge in [0.2, 0.25) is 0 Å². The van der Waals surface area contributed by atoms with Gasteiger partial charge in [-0.3, -0.25) is 0 Å². The molecule has 0 unspecified atom stereocenters. The Bertz CT molecular complexity index is 1960. The summed E-state index contributed by atoms with van der Waals surface area (Å²) in [7, 11) is 0. The molecular formula is C53H90O22. The van der Waals surface area contributed by atoms with Crippen LogP contribution in [-0.4, -0.2) is 237 Å². The first-order valence-corrected chi connectivity index (χ1v) is 27.2. The fourth-order valence-electron chi connectivity index (χ4n) is 16.4. The minimum absolute atomic E-state index is 0.0104. The lowest BCUT2D eigenvalue weighted by molar-refractivity contribution is -0.378. The van der Waals surface area contributed by atoms with E-state index in [0.717, 1.165) is 12.8 Å². The number of ether oxygens (including phenoxy) is 7. The third kappa shape index (κ3) is 10.4. The minimum Gasteiger partial charge on any atom is -0.394 e. The van der Waals surface area contributed by atoms with Crippen LogP contribution in [0.3, 0.4) is 0 Å². The molecule has 4 aliphatic carbocycles. The van der Waals surface area contributed by atoms with Gasteiger partial charge in [-0.2, -0.15) is 0 Å². The molecular weight excluding hydrogens is 989 g/mol. The number of hydrogen-bond acceptors (Lipinski definition) is 22. The topological polar surface area (TPSA) is 368 Å². The van der Waals surface area contributed by atoms with Gasteiger partial charge < -0.3 is 110 Å². The van der Waals surface area contributed by atoms with Crippen molar-refractivity contribution in [3.05, 3.63) is 12.2 Å². The number of aliphatic hydroxyl groups is 15. The van der Waals surface area contributed by atoms with Crippen molar-refractivity contribution < 1.29 is 110 Å². The summed E-state index contributed by atoms with van der Waals surface area (Å²) >= 11 is 0. The number of aliphatic hydroxyl groups excluding tert-OH is 14. The molecule has 4 aliphatic heterocycles. The van der Waals surface area contributed by atoms with Crippen LogP contribution in [0.1, 0.15) is 107 Å². The van der Waals surface area contributed by atoms with Crippen molar-refractivity contribution in [2.24, 2.45) is 50.7 Å². The Kier molecular flexibility index (Phi) is 17.6. The summed E-state index contributed by atoms with van der Waals surface area (Å²) in [5.74, 6) is -0.615. The second-order valence-corrected chi connectivity index (χ2v) is 25.9. The molecule has 0 bridgehead atoms. The molecule has 4 saturated carbocycles. The molecule has 0 spiro atoms. The Morgan fingerprint density at radius 3 is 1.80 bits per heavy atom. The predicted octanol–water partition coefficient (Wildman–Crippen LogP) is -2.32. The summed E-state index contributed by atoms with van der Waals surface area (Å²) in [5.41, 5.74) is -3.95. The van der Waals surface area contributed by atoms with E-state index in [1.54, 1.807) is 19.9 Å². The molecule has 0 aromatic rings. The molecule has 0 aromatic heterocycles. The molecule has 0 radical (unpaired) electrons. The molecule has 8 aliphatic rings. The van der Waals surface area contributed by atoms with Crippen LogP contribution in [0.2, 0.25) is 0 Å². The lowest BCUT2D eigenvalue weighted by Gasteiger charge is -2.71. The van der Waals surface area contributed by atoms with Crippen LogP contribution in [0.15, 0.2) is 12.2 Å². The quantitative estimate of drug-likeness (QED) is 0.0641. The van der Waals surface area contributed by atoms with E-state index < -0.39 is 170 Å². The van der Waals surface area contributed by atoms with Gasteiger partial charge in [0.05, 0.1) is 50.3 Å². The van der Waals surface area contributed by atoms with Crippen molar-refractivity contribution >= 4 is 0 Å². The third-order valence-corrected chi connectivity index (χ3v) is 20.8. The Morgan fingerprint density at radius 2 is 1.16 bits per heavy atom. The van der Waals surface area contributed by atoms with E-state index >= 15 is 0 Å². The van der Waals surface area contributed by atoms with E-state index in [0.29, 0.717) is 32.1 Å². The van der Waals surface area contributed by atoms with Crippen LogP contribution in [0, 0.1) is 50.7 Å². The number of fused-ring (bicyclic) bond motifs is 5. The van der Waals surface area contributed by atoms with Gasteiger partial charge in [0.1, 0.15) is 91.6 Å². The molecule has 22 nitrogen and oxygen atoms in total. The van der Waals surface area contributed by atoms with Crippen molar-refractivity contribution in [3.63, 3.8) is 0 Å². The predicted molar refractivity (Wildman–Crippen MR) is 260 cm³/mol. The van der Waals surface area contributed by atoms with Gasteiger partial charge in [0.15, 0.2) is 18.9 Å². The third-order valence-electron chi connectivity index (χ3n) is 20.8. The molecule has 22 heteroatoms. The first kappa shape index (κ1) is 60.0. The van der Waals surface area contributed by atoms with Crippen LogP contribution >= 0.6 is 0 Å². The number of allylic oxidation sites excluding steroid dienone is 1. The zero-order valence-corrected chi connectivity index (χ0v) is 44.6. The largest absolute Gasteiger partial charge is 0.394 e. The molecule has 4 heterocycles. The normalized spacial score (nSPS) is 53.2. The maximum absolute atomic E-state index is 12.9. The van der Waals surface area contributed by atoms with Crippen molar-refractivity contribution in [2.75, 3.05) is 26.4 Å². The van der Waals surface area contributed by atoms with E-state index in [1.807, 2.05) is 13.0 Å². The highest BCUT2D eigenvalue weighted by Gasteiger charge is 2.73. The second-order valence-electron chi connectivity index (χ2n) is 25.9. The van der Waals surface area contributed by atoms with Gasteiger partial charge in [-0.15, -0.1) is 0 Å². The zero-order chi connectivity index (χ0) is 55.3. The van der Waals surface area contributed by atoms with Gasteiger partial charge in [0, 0.05) is 5.41 Å². The first-order valence-electron chi connectivity index (χ1n) is 27.2. The highest BCUT2D eigenvalue weighted by molar-refractivity contribution is 5.21. The van der Waals surface area contributed by atoms with Gasteiger partial charge in [0.25, 0.3) is 0 Å².